The minimum Gasteiger partial charge on any atom is -0.394 e. The van der Waals surface area contributed by atoms with Crippen LogP contribution in [0.5, 0.6) is 0 Å². The second-order valence-electron chi connectivity index (χ2n) is 3.29. The Labute approximate surface area is 93.8 Å². The Morgan fingerprint density at radius 1 is 1.31 bits per heavy atom. The first kappa shape index (κ1) is 12.9. The molecule has 1 aromatic rings. The maximum Gasteiger partial charge on any atom is 0.238 e. The fourth-order valence-electron chi connectivity index (χ4n) is 1.06. The molecule has 90 valence electrons. The van der Waals surface area contributed by atoms with E-state index in [4.69, 9.17) is 15.4 Å². The van der Waals surface area contributed by atoms with Crippen molar-refractivity contribution in [2.75, 3.05) is 18.5 Å². The number of rotatable bonds is 5. The number of sulfonamides is 1. The lowest BCUT2D eigenvalue weighted by molar-refractivity contribution is 0.105. The summed E-state index contributed by atoms with van der Waals surface area (Å²) in [5, 5.41) is 25.4. The van der Waals surface area contributed by atoms with Gasteiger partial charge in [0.25, 0.3) is 0 Å². The lowest BCUT2D eigenvalue weighted by Crippen LogP contribution is -2.22. The molecule has 0 aliphatic carbocycles. The molecule has 7 heteroatoms. The highest BCUT2D eigenvalue weighted by Crippen LogP contribution is 2.12. The standard InChI is InChI=1S/C9H14N2O4S/c10-16(14,15)9-3-1-7(2-4-9)11-5-8(13)6-12/h1-4,8,11-13H,5-6H2,(H2,10,14,15)/t8-/m1/s1. The van der Waals surface area contributed by atoms with Gasteiger partial charge in [-0.05, 0) is 24.3 Å². The van der Waals surface area contributed by atoms with E-state index in [-0.39, 0.29) is 18.0 Å². The van der Waals surface area contributed by atoms with Crippen molar-refractivity contribution in [1.82, 2.24) is 0 Å². The van der Waals surface area contributed by atoms with Gasteiger partial charge in [0.15, 0.2) is 0 Å². The van der Waals surface area contributed by atoms with E-state index in [9.17, 15) is 8.42 Å². The number of aliphatic hydroxyl groups excluding tert-OH is 2. The van der Waals surface area contributed by atoms with E-state index in [1.54, 1.807) is 0 Å². The highest BCUT2D eigenvalue weighted by molar-refractivity contribution is 7.89. The molecular formula is C9H14N2O4S. The van der Waals surface area contributed by atoms with Crippen LogP contribution in [0.1, 0.15) is 0 Å². The van der Waals surface area contributed by atoms with Crippen LogP contribution in [0, 0.1) is 0 Å². The Morgan fingerprint density at radius 3 is 2.31 bits per heavy atom. The Morgan fingerprint density at radius 2 is 1.88 bits per heavy atom. The number of primary sulfonamides is 1. The molecule has 0 unspecified atom stereocenters. The summed E-state index contributed by atoms with van der Waals surface area (Å²) in [7, 11) is -3.67. The predicted molar refractivity (Wildman–Crippen MR) is 59.4 cm³/mol. The van der Waals surface area contributed by atoms with Crippen LogP contribution in [0.3, 0.4) is 0 Å². The molecule has 0 bridgehead atoms. The molecule has 0 aliphatic rings. The molecule has 0 spiro atoms. The van der Waals surface area contributed by atoms with Crippen LogP contribution in [-0.2, 0) is 10.0 Å². The summed E-state index contributed by atoms with van der Waals surface area (Å²) in [6.07, 6.45) is -0.849. The van der Waals surface area contributed by atoms with Crippen molar-refractivity contribution in [2.24, 2.45) is 5.14 Å². The first-order chi connectivity index (χ1) is 7.43. The van der Waals surface area contributed by atoms with Crippen LogP contribution in [0.25, 0.3) is 0 Å². The van der Waals surface area contributed by atoms with Crippen LogP contribution < -0.4 is 10.5 Å². The molecule has 0 fully saturated rings. The minimum absolute atomic E-state index is 0.0285. The highest BCUT2D eigenvalue weighted by Gasteiger charge is 2.07. The summed E-state index contributed by atoms with van der Waals surface area (Å²) >= 11 is 0. The number of nitrogens with one attached hydrogen (secondary N) is 1. The number of hydrogen-bond acceptors (Lipinski definition) is 5. The third-order valence-electron chi connectivity index (χ3n) is 1.94. The van der Waals surface area contributed by atoms with Gasteiger partial charge in [0.1, 0.15) is 0 Å². The molecule has 5 N–H and O–H groups in total. The van der Waals surface area contributed by atoms with Gasteiger partial charge in [0.05, 0.1) is 17.6 Å². The molecule has 1 atom stereocenters. The van der Waals surface area contributed by atoms with E-state index in [0.717, 1.165) is 0 Å². The zero-order valence-corrected chi connectivity index (χ0v) is 9.31. The van der Waals surface area contributed by atoms with E-state index in [2.05, 4.69) is 5.32 Å². The van der Waals surface area contributed by atoms with Crippen molar-refractivity contribution in [3.8, 4) is 0 Å². The van der Waals surface area contributed by atoms with Crippen molar-refractivity contribution in [3.05, 3.63) is 24.3 Å². The van der Waals surface area contributed by atoms with E-state index < -0.39 is 16.1 Å². The second-order valence-corrected chi connectivity index (χ2v) is 4.85. The molecule has 1 rings (SSSR count). The van der Waals surface area contributed by atoms with Gasteiger partial charge in [-0.25, -0.2) is 13.6 Å². The molecule has 0 heterocycles. The number of nitrogens with two attached hydrogens (primary N) is 1. The Hall–Kier alpha value is -1.15. The summed E-state index contributed by atoms with van der Waals surface area (Å²) in [5.41, 5.74) is 0.639. The third kappa shape index (κ3) is 3.78. The number of hydrogen-bond donors (Lipinski definition) is 4. The average Bonchev–Trinajstić information content (AvgIpc) is 2.25. The van der Waals surface area contributed by atoms with Crippen molar-refractivity contribution < 1.29 is 18.6 Å². The monoisotopic (exact) mass is 246 g/mol. The minimum atomic E-state index is -3.67. The van der Waals surface area contributed by atoms with E-state index in [1.807, 2.05) is 0 Å². The van der Waals surface area contributed by atoms with E-state index >= 15 is 0 Å². The van der Waals surface area contributed by atoms with Crippen LogP contribution in [0.15, 0.2) is 29.2 Å². The fraction of sp³-hybridized carbons (Fsp3) is 0.333. The molecule has 0 amide bonds. The predicted octanol–water partition coefficient (Wildman–Crippen LogP) is -0.901. The molecule has 0 saturated heterocycles. The quantitative estimate of drug-likeness (QED) is 0.538. The molecule has 6 nitrogen and oxygen atoms in total. The largest absolute Gasteiger partial charge is 0.394 e. The zero-order chi connectivity index (χ0) is 12.2. The van der Waals surface area contributed by atoms with Gasteiger partial charge in [0.2, 0.25) is 10.0 Å². The maximum atomic E-state index is 10.9. The third-order valence-corrected chi connectivity index (χ3v) is 2.86. The summed E-state index contributed by atoms with van der Waals surface area (Å²) in [5.74, 6) is 0. The zero-order valence-electron chi connectivity index (χ0n) is 8.50. The Kier molecular flexibility index (Phi) is 4.25. The SMILES string of the molecule is NS(=O)(=O)c1ccc(NC[C@@H](O)CO)cc1. The molecule has 16 heavy (non-hydrogen) atoms. The number of anilines is 1. The van der Waals surface area contributed by atoms with Gasteiger partial charge in [-0.15, -0.1) is 0 Å². The molecule has 0 saturated carbocycles. The van der Waals surface area contributed by atoms with Crippen molar-refractivity contribution >= 4 is 15.7 Å². The van der Waals surface area contributed by atoms with Gasteiger partial charge in [-0.2, -0.15) is 0 Å². The molecular weight excluding hydrogens is 232 g/mol. The lowest BCUT2D eigenvalue weighted by atomic mass is 10.3. The van der Waals surface area contributed by atoms with Crippen molar-refractivity contribution in [2.45, 2.75) is 11.0 Å². The van der Waals surface area contributed by atoms with E-state index in [1.165, 1.54) is 24.3 Å². The van der Waals surface area contributed by atoms with Gasteiger partial charge in [0, 0.05) is 12.2 Å². The molecule has 0 aromatic heterocycles. The second kappa shape index (κ2) is 5.26. The van der Waals surface area contributed by atoms with E-state index in [0.29, 0.717) is 5.69 Å². The highest BCUT2D eigenvalue weighted by atomic mass is 32.2. The van der Waals surface area contributed by atoms with Crippen LogP contribution in [0.4, 0.5) is 5.69 Å². The van der Waals surface area contributed by atoms with Crippen LogP contribution >= 0.6 is 0 Å². The first-order valence-electron chi connectivity index (χ1n) is 4.59. The average molecular weight is 246 g/mol. The topological polar surface area (TPSA) is 113 Å². The van der Waals surface area contributed by atoms with Gasteiger partial charge < -0.3 is 15.5 Å². The van der Waals surface area contributed by atoms with Gasteiger partial charge >= 0.3 is 0 Å². The number of aliphatic hydroxyl groups is 2. The number of benzene rings is 1. The maximum absolute atomic E-state index is 10.9. The normalized spacial score (nSPS) is 13.4. The molecule has 1 aromatic carbocycles. The fourth-order valence-corrected chi connectivity index (χ4v) is 1.58. The van der Waals surface area contributed by atoms with Crippen molar-refractivity contribution in [3.63, 3.8) is 0 Å². The smallest absolute Gasteiger partial charge is 0.238 e. The molecule has 0 radical (unpaired) electrons. The Balaban J connectivity index is 2.66. The lowest BCUT2D eigenvalue weighted by Gasteiger charge is -2.10. The summed E-state index contributed by atoms with van der Waals surface area (Å²) in [6, 6.07) is 5.79. The van der Waals surface area contributed by atoms with Gasteiger partial charge in [-0.1, -0.05) is 0 Å². The van der Waals surface area contributed by atoms with Crippen LogP contribution in [-0.4, -0.2) is 37.9 Å². The summed E-state index contributed by atoms with van der Waals surface area (Å²) in [4.78, 5) is 0.0285. The summed E-state index contributed by atoms with van der Waals surface area (Å²) < 4.78 is 21.9. The summed E-state index contributed by atoms with van der Waals surface area (Å²) in [6.45, 7) is -0.145. The molecule has 0 aliphatic heterocycles. The van der Waals surface area contributed by atoms with Gasteiger partial charge in [-0.3, -0.25) is 0 Å². The van der Waals surface area contributed by atoms with Crippen molar-refractivity contribution in [1.29, 1.82) is 0 Å². The Bertz CT molecular complexity index is 429. The van der Waals surface area contributed by atoms with Crippen LogP contribution in [0.2, 0.25) is 0 Å². The first-order valence-corrected chi connectivity index (χ1v) is 6.14.